The van der Waals surface area contributed by atoms with Gasteiger partial charge in [-0.3, -0.25) is 19.7 Å². The first-order valence-electron chi connectivity index (χ1n) is 9.48. The molecule has 3 unspecified atom stereocenters. The number of carboxylic acid groups (broad SMARTS) is 2. The van der Waals surface area contributed by atoms with Gasteiger partial charge in [-0.1, -0.05) is 30.3 Å². The summed E-state index contributed by atoms with van der Waals surface area (Å²) in [6, 6.07) is 7.40. The molecule has 3 rings (SSSR count). The molecule has 10 heteroatoms. The smallest absolute Gasteiger partial charge is 0.323 e. The van der Waals surface area contributed by atoms with Crippen LogP contribution < -0.4 is 5.32 Å². The molecule has 8 nitrogen and oxygen atoms in total. The normalized spacial score (nSPS) is 20.5. The summed E-state index contributed by atoms with van der Waals surface area (Å²) in [5.41, 5.74) is 1.02. The minimum Gasteiger partial charge on any atom is -0.480 e. The van der Waals surface area contributed by atoms with Crippen molar-refractivity contribution in [1.82, 2.24) is 15.2 Å². The fraction of sp³-hybridized carbons (Fsp3) is 0.400. The Morgan fingerprint density at radius 3 is 2.63 bits per heavy atom. The maximum Gasteiger partial charge on any atom is 0.323 e. The molecule has 0 saturated carbocycles. The summed E-state index contributed by atoms with van der Waals surface area (Å²) >= 11 is 2.86. The van der Waals surface area contributed by atoms with E-state index in [9.17, 15) is 24.6 Å². The van der Waals surface area contributed by atoms with E-state index in [2.05, 4.69) is 10.3 Å². The third kappa shape index (κ3) is 5.80. The Kier molecular flexibility index (Phi) is 7.83. The topological polar surface area (TPSA) is 120 Å². The summed E-state index contributed by atoms with van der Waals surface area (Å²) < 4.78 is 0. The van der Waals surface area contributed by atoms with E-state index >= 15 is 0 Å². The van der Waals surface area contributed by atoms with Crippen molar-refractivity contribution in [3.05, 3.63) is 52.5 Å². The second kappa shape index (κ2) is 10.6. The van der Waals surface area contributed by atoms with Gasteiger partial charge >= 0.3 is 11.9 Å². The minimum absolute atomic E-state index is 0.322. The van der Waals surface area contributed by atoms with Gasteiger partial charge in [-0.25, -0.2) is 4.98 Å². The quantitative estimate of drug-likeness (QED) is 0.531. The van der Waals surface area contributed by atoms with Crippen LogP contribution in [-0.2, 0) is 20.8 Å². The van der Waals surface area contributed by atoms with Crippen LogP contribution in [0.15, 0.2) is 41.9 Å². The Labute approximate surface area is 182 Å². The first-order chi connectivity index (χ1) is 14.5. The zero-order valence-electron chi connectivity index (χ0n) is 16.1. The number of hydrogen-bond donors (Lipinski definition) is 3. The van der Waals surface area contributed by atoms with Gasteiger partial charge < -0.3 is 15.1 Å². The van der Waals surface area contributed by atoms with Crippen LogP contribution in [0.1, 0.15) is 23.0 Å². The zero-order valence-corrected chi connectivity index (χ0v) is 17.8. The highest BCUT2D eigenvalue weighted by Gasteiger charge is 2.37. The van der Waals surface area contributed by atoms with Crippen LogP contribution in [0.4, 0.5) is 0 Å². The highest BCUT2D eigenvalue weighted by atomic mass is 32.2. The van der Waals surface area contributed by atoms with E-state index in [-0.39, 0.29) is 0 Å². The number of hydrogen-bond acceptors (Lipinski definition) is 7. The maximum atomic E-state index is 13.2. The molecule has 3 atom stereocenters. The van der Waals surface area contributed by atoms with Crippen LogP contribution in [0, 0.1) is 0 Å². The Morgan fingerprint density at radius 1 is 1.23 bits per heavy atom. The lowest BCUT2D eigenvalue weighted by atomic mass is 10.0. The average molecular weight is 450 g/mol. The van der Waals surface area contributed by atoms with E-state index in [1.54, 1.807) is 11.6 Å². The van der Waals surface area contributed by atoms with Crippen molar-refractivity contribution >= 4 is 40.9 Å². The van der Waals surface area contributed by atoms with Gasteiger partial charge in [-0.15, -0.1) is 11.3 Å². The molecule has 2 heterocycles. The van der Waals surface area contributed by atoms with E-state index in [0.29, 0.717) is 29.4 Å². The standard InChI is InChI=1S/C20H23N3O5S2/c24-17(25)10-23-16(18-21-8-9-30-18)12-29-11-15(19(23)26)22-14(20(27)28)7-6-13-4-2-1-3-5-13/h1-5,8-9,14-16,22H,6-7,10-12H2,(H,24,25)(H,27,28). The van der Waals surface area contributed by atoms with E-state index in [4.69, 9.17) is 0 Å². The number of thiazole rings is 1. The second-order valence-electron chi connectivity index (χ2n) is 6.92. The summed E-state index contributed by atoms with van der Waals surface area (Å²) in [6.07, 6.45) is 2.50. The van der Waals surface area contributed by atoms with Crippen LogP contribution in [-0.4, -0.2) is 68.1 Å². The number of carboxylic acids is 2. The van der Waals surface area contributed by atoms with Gasteiger partial charge in [0.25, 0.3) is 0 Å². The molecule has 0 radical (unpaired) electrons. The number of benzene rings is 1. The van der Waals surface area contributed by atoms with Crippen molar-refractivity contribution < 1.29 is 24.6 Å². The van der Waals surface area contributed by atoms with Crippen molar-refractivity contribution in [3.8, 4) is 0 Å². The monoisotopic (exact) mass is 449 g/mol. The zero-order chi connectivity index (χ0) is 21.5. The number of carbonyl (C=O) groups excluding carboxylic acids is 1. The number of nitrogens with zero attached hydrogens (tertiary/aromatic N) is 2. The molecule has 30 heavy (non-hydrogen) atoms. The van der Waals surface area contributed by atoms with Crippen molar-refractivity contribution in [2.75, 3.05) is 18.1 Å². The van der Waals surface area contributed by atoms with E-state index < -0.39 is 42.5 Å². The van der Waals surface area contributed by atoms with Gasteiger partial charge in [0.05, 0.1) is 12.1 Å². The average Bonchev–Trinajstić information content (AvgIpc) is 3.21. The third-order valence-corrected chi connectivity index (χ3v) is 6.82. The third-order valence-electron chi connectivity index (χ3n) is 4.82. The highest BCUT2D eigenvalue weighted by molar-refractivity contribution is 7.99. The van der Waals surface area contributed by atoms with Crippen molar-refractivity contribution in [3.63, 3.8) is 0 Å². The summed E-state index contributed by atoms with van der Waals surface area (Å²) in [5.74, 6) is -1.68. The maximum absolute atomic E-state index is 13.2. The fourth-order valence-corrected chi connectivity index (χ4v) is 5.37. The summed E-state index contributed by atoms with van der Waals surface area (Å²) in [4.78, 5) is 42.0. The predicted molar refractivity (Wildman–Crippen MR) is 115 cm³/mol. The molecule has 1 amide bonds. The van der Waals surface area contributed by atoms with E-state index in [1.165, 1.54) is 28.0 Å². The van der Waals surface area contributed by atoms with Crippen molar-refractivity contribution in [2.45, 2.75) is 31.0 Å². The Balaban J connectivity index is 1.73. The predicted octanol–water partition coefficient (Wildman–Crippen LogP) is 1.89. The van der Waals surface area contributed by atoms with Crippen LogP contribution in [0.2, 0.25) is 0 Å². The first-order valence-corrected chi connectivity index (χ1v) is 11.5. The number of amides is 1. The lowest BCUT2D eigenvalue weighted by molar-refractivity contribution is -0.147. The largest absolute Gasteiger partial charge is 0.480 e. The molecule has 2 aromatic rings. The van der Waals surface area contributed by atoms with E-state index in [1.807, 2.05) is 30.3 Å². The lowest BCUT2D eigenvalue weighted by Crippen LogP contribution is -2.53. The van der Waals surface area contributed by atoms with Crippen molar-refractivity contribution in [1.29, 1.82) is 0 Å². The van der Waals surface area contributed by atoms with Gasteiger partial charge in [0.2, 0.25) is 5.91 Å². The molecule has 3 N–H and O–H groups in total. The molecule has 1 aromatic carbocycles. The first kappa shape index (κ1) is 22.3. The van der Waals surface area contributed by atoms with Crippen molar-refractivity contribution in [2.24, 2.45) is 0 Å². The van der Waals surface area contributed by atoms with E-state index in [0.717, 1.165) is 5.56 Å². The molecule has 0 bridgehead atoms. The number of nitrogens with one attached hydrogen (secondary N) is 1. The van der Waals surface area contributed by atoms with Gasteiger partial charge in [-0.05, 0) is 18.4 Å². The Morgan fingerprint density at radius 2 is 2.00 bits per heavy atom. The second-order valence-corrected chi connectivity index (χ2v) is 8.92. The number of aryl methyl sites for hydroxylation is 1. The SMILES string of the molecule is O=C(O)CN1C(=O)C(NC(CCc2ccccc2)C(=O)O)CSCC1c1nccs1. The van der Waals surface area contributed by atoms with Gasteiger partial charge in [0.1, 0.15) is 17.6 Å². The molecule has 1 saturated heterocycles. The number of thioether (sulfide) groups is 1. The van der Waals surface area contributed by atoms with Gasteiger partial charge in [0, 0.05) is 23.1 Å². The molecule has 0 spiro atoms. The van der Waals surface area contributed by atoms with Gasteiger partial charge in [0.15, 0.2) is 0 Å². The molecule has 160 valence electrons. The highest BCUT2D eigenvalue weighted by Crippen LogP contribution is 2.30. The molecule has 1 aliphatic heterocycles. The molecule has 1 aliphatic rings. The molecular weight excluding hydrogens is 426 g/mol. The van der Waals surface area contributed by atoms with Gasteiger partial charge in [-0.2, -0.15) is 11.8 Å². The van der Waals surface area contributed by atoms with Crippen LogP contribution >= 0.6 is 23.1 Å². The number of aromatic nitrogens is 1. The Bertz CT molecular complexity index is 863. The van der Waals surface area contributed by atoms with Crippen LogP contribution in [0.5, 0.6) is 0 Å². The number of rotatable bonds is 9. The summed E-state index contributed by atoms with van der Waals surface area (Å²) in [5, 5.41) is 24.4. The molecular formula is C20H23N3O5S2. The number of carbonyl (C=O) groups is 3. The Hall–Kier alpha value is -2.43. The lowest BCUT2D eigenvalue weighted by Gasteiger charge is -2.30. The fourth-order valence-electron chi connectivity index (χ4n) is 3.35. The summed E-state index contributed by atoms with van der Waals surface area (Å²) in [6.45, 7) is -0.455. The molecule has 1 fully saturated rings. The minimum atomic E-state index is -1.12. The van der Waals surface area contributed by atoms with Crippen LogP contribution in [0.3, 0.4) is 0 Å². The molecule has 0 aliphatic carbocycles. The summed E-state index contributed by atoms with van der Waals surface area (Å²) in [7, 11) is 0. The number of aliphatic carboxylic acids is 2. The van der Waals surface area contributed by atoms with Crippen LogP contribution in [0.25, 0.3) is 0 Å². The molecule has 1 aromatic heterocycles.